The summed E-state index contributed by atoms with van der Waals surface area (Å²) < 4.78 is 17.9. The molecule has 0 saturated carbocycles. The third-order valence-electron chi connectivity index (χ3n) is 3.16. The third-order valence-corrected chi connectivity index (χ3v) is 3.16. The Morgan fingerprint density at radius 1 is 1.24 bits per heavy atom. The molecule has 0 aliphatic heterocycles. The molecule has 1 heterocycles. The van der Waals surface area contributed by atoms with Crippen LogP contribution in [0.15, 0.2) is 42.5 Å². The van der Waals surface area contributed by atoms with Gasteiger partial charge in [0.15, 0.2) is 0 Å². The van der Waals surface area contributed by atoms with Crippen LogP contribution in [-0.4, -0.2) is 35.7 Å². The van der Waals surface area contributed by atoms with Crippen LogP contribution in [0.5, 0.6) is 5.88 Å². The molecular weight excluding hydrogens is 271 g/mol. The lowest BCUT2D eigenvalue weighted by Gasteiger charge is -2.20. The highest BCUT2D eigenvalue weighted by Crippen LogP contribution is 2.16. The highest BCUT2D eigenvalue weighted by Gasteiger charge is 2.12. The van der Waals surface area contributed by atoms with Gasteiger partial charge < -0.3 is 9.84 Å². The zero-order chi connectivity index (χ0) is 15.2. The first-order chi connectivity index (χ1) is 10.1. The fourth-order valence-corrected chi connectivity index (χ4v) is 2.09. The van der Waals surface area contributed by atoms with Crippen molar-refractivity contribution in [2.45, 2.75) is 12.6 Å². The van der Waals surface area contributed by atoms with E-state index < -0.39 is 6.10 Å². The van der Waals surface area contributed by atoms with Gasteiger partial charge in [-0.25, -0.2) is 9.37 Å². The molecule has 21 heavy (non-hydrogen) atoms. The molecule has 0 saturated heterocycles. The largest absolute Gasteiger partial charge is 0.481 e. The number of rotatable bonds is 6. The van der Waals surface area contributed by atoms with Gasteiger partial charge in [0.05, 0.1) is 18.9 Å². The van der Waals surface area contributed by atoms with Crippen LogP contribution in [0.25, 0.3) is 0 Å². The smallest absolute Gasteiger partial charge is 0.213 e. The van der Waals surface area contributed by atoms with E-state index in [0.717, 1.165) is 5.69 Å². The predicted octanol–water partition coefficient (Wildman–Crippen LogP) is 2.39. The Morgan fingerprint density at radius 2 is 1.95 bits per heavy atom. The van der Waals surface area contributed by atoms with Crippen molar-refractivity contribution in [1.29, 1.82) is 0 Å². The maximum Gasteiger partial charge on any atom is 0.213 e. The number of aromatic nitrogens is 1. The minimum Gasteiger partial charge on any atom is -0.481 e. The highest BCUT2D eigenvalue weighted by atomic mass is 19.1. The quantitative estimate of drug-likeness (QED) is 0.887. The van der Waals surface area contributed by atoms with Crippen molar-refractivity contribution in [2.24, 2.45) is 0 Å². The van der Waals surface area contributed by atoms with Crippen molar-refractivity contribution >= 4 is 0 Å². The van der Waals surface area contributed by atoms with E-state index in [2.05, 4.69) is 4.98 Å². The summed E-state index contributed by atoms with van der Waals surface area (Å²) in [5.74, 6) is 0.264. The first-order valence-corrected chi connectivity index (χ1v) is 6.70. The molecule has 0 radical (unpaired) electrons. The Balaban J connectivity index is 1.94. The molecule has 1 aromatic carbocycles. The van der Waals surface area contributed by atoms with Crippen LogP contribution in [-0.2, 0) is 6.54 Å². The molecule has 0 spiro atoms. The molecule has 4 nitrogen and oxygen atoms in total. The minimum atomic E-state index is -0.666. The monoisotopic (exact) mass is 290 g/mol. The van der Waals surface area contributed by atoms with Gasteiger partial charge in [0.1, 0.15) is 5.82 Å². The average molecular weight is 290 g/mol. The number of aliphatic hydroxyl groups is 1. The first-order valence-electron chi connectivity index (χ1n) is 6.70. The van der Waals surface area contributed by atoms with Gasteiger partial charge in [0.2, 0.25) is 5.88 Å². The molecule has 1 unspecified atom stereocenters. The second-order valence-electron chi connectivity index (χ2n) is 4.94. The van der Waals surface area contributed by atoms with Gasteiger partial charge in [-0.2, -0.15) is 0 Å². The van der Waals surface area contributed by atoms with Crippen molar-refractivity contribution < 1.29 is 14.2 Å². The Bertz CT molecular complexity index is 575. The molecule has 0 bridgehead atoms. The van der Waals surface area contributed by atoms with Gasteiger partial charge in [0, 0.05) is 19.2 Å². The molecule has 2 rings (SSSR count). The molecule has 0 fully saturated rings. The van der Waals surface area contributed by atoms with E-state index in [9.17, 15) is 9.50 Å². The number of hydrogen-bond acceptors (Lipinski definition) is 4. The molecule has 112 valence electrons. The summed E-state index contributed by atoms with van der Waals surface area (Å²) in [7, 11) is 3.47. The SMILES string of the molecule is COc1cccc(CN(C)CC(O)c2ccc(F)cc2)n1. The van der Waals surface area contributed by atoms with Crippen LogP contribution in [0.4, 0.5) is 4.39 Å². The number of likely N-dealkylation sites (N-methyl/N-ethyl adjacent to an activating group) is 1. The number of pyridine rings is 1. The van der Waals surface area contributed by atoms with E-state index in [1.54, 1.807) is 25.3 Å². The van der Waals surface area contributed by atoms with E-state index in [-0.39, 0.29) is 5.82 Å². The lowest BCUT2D eigenvalue weighted by atomic mass is 10.1. The van der Waals surface area contributed by atoms with Gasteiger partial charge >= 0.3 is 0 Å². The summed E-state index contributed by atoms with van der Waals surface area (Å²) in [5.41, 5.74) is 1.56. The van der Waals surface area contributed by atoms with Crippen molar-refractivity contribution in [3.8, 4) is 5.88 Å². The van der Waals surface area contributed by atoms with Crippen molar-refractivity contribution in [1.82, 2.24) is 9.88 Å². The van der Waals surface area contributed by atoms with Crippen LogP contribution in [0.2, 0.25) is 0 Å². The lowest BCUT2D eigenvalue weighted by molar-refractivity contribution is 0.123. The van der Waals surface area contributed by atoms with Gasteiger partial charge in [-0.3, -0.25) is 4.90 Å². The van der Waals surface area contributed by atoms with Gasteiger partial charge in [-0.1, -0.05) is 18.2 Å². The number of nitrogens with zero attached hydrogens (tertiary/aromatic N) is 2. The first kappa shape index (κ1) is 15.4. The fraction of sp³-hybridized carbons (Fsp3) is 0.312. The molecule has 0 amide bonds. The van der Waals surface area contributed by atoms with Crippen molar-refractivity contribution in [3.63, 3.8) is 0 Å². The molecular formula is C16H19FN2O2. The van der Waals surface area contributed by atoms with Crippen LogP contribution in [0, 0.1) is 5.82 Å². The highest BCUT2D eigenvalue weighted by molar-refractivity contribution is 5.19. The second kappa shape index (κ2) is 7.15. The van der Waals surface area contributed by atoms with Crippen molar-refractivity contribution in [2.75, 3.05) is 20.7 Å². The lowest BCUT2D eigenvalue weighted by Crippen LogP contribution is -2.24. The van der Waals surface area contributed by atoms with E-state index in [1.165, 1.54) is 12.1 Å². The Morgan fingerprint density at radius 3 is 2.62 bits per heavy atom. The number of aliphatic hydroxyl groups excluding tert-OH is 1. The molecule has 1 N–H and O–H groups in total. The number of hydrogen-bond donors (Lipinski definition) is 1. The molecule has 0 aliphatic carbocycles. The molecule has 2 aromatic rings. The van der Waals surface area contributed by atoms with Crippen LogP contribution in [0.3, 0.4) is 0 Å². The maximum atomic E-state index is 12.9. The van der Waals surface area contributed by atoms with Gasteiger partial charge in [-0.15, -0.1) is 0 Å². The minimum absolute atomic E-state index is 0.306. The molecule has 1 aromatic heterocycles. The normalized spacial score (nSPS) is 12.4. The topological polar surface area (TPSA) is 45.6 Å². The van der Waals surface area contributed by atoms with E-state index in [1.807, 2.05) is 24.1 Å². The van der Waals surface area contributed by atoms with E-state index in [0.29, 0.717) is 24.5 Å². The van der Waals surface area contributed by atoms with E-state index in [4.69, 9.17) is 4.74 Å². The molecule has 0 aliphatic rings. The summed E-state index contributed by atoms with van der Waals surface area (Å²) in [6.45, 7) is 1.03. The summed E-state index contributed by atoms with van der Waals surface area (Å²) in [4.78, 5) is 6.28. The number of benzene rings is 1. The number of halogens is 1. The van der Waals surface area contributed by atoms with Crippen LogP contribution in [0.1, 0.15) is 17.4 Å². The number of methoxy groups -OCH3 is 1. The van der Waals surface area contributed by atoms with Crippen LogP contribution >= 0.6 is 0 Å². The Labute approximate surface area is 123 Å². The summed E-state index contributed by atoms with van der Waals surface area (Å²) in [6.07, 6.45) is -0.666. The third kappa shape index (κ3) is 4.51. The van der Waals surface area contributed by atoms with Crippen molar-refractivity contribution in [3.05, 3.63) is 59.5 Å². The zero-order valence-electron chi connectivity index (χ0n) is 12.2. The Kier molecular flexibility index (Phi) is 5.25. The van der Waals surface area contributed by atoms with E-state index >= 15 is 0 Å². The van der Waals surface area contributed by atoms with Crippen LogP contribution < -0.4 is 4.74 Å². The zero-order valence-corrected chi connectivity index (χ0v) is 12.2. The molecule has 1 atom stereocenters. The standard InChI is InChI=1S/C16H19FN2O2/c1-19(10-14-4-3-5-16(18-14)21-2)11-15(20)12-6-8-13(17)9-7-12/h3-9,15,20H,10-11H2,1-2H3. The van der Waals surface area contributed by atoms with Gasteiger partial charge in [0.25, 0.3) is 0 Å². The average Bonchev–Trinajstić information content (AvgIpc) is 2.47. The Hall–Kier alpha value is -1.98. The molecule has 5 heteroatoms. The fourth-order valence-electron chi connectivity index (χ4n) is 2.09. The maximum absolute atomic E-state index is 12.9. The number of ether oxygens (including phenoxy) is 1. The van der Waals surface area contributed by atoms with Gasteiger partial charge in [-0.05, 0) is 30.8 Å². The summed E-state index contributed by atoms with van der Waals surface area (Å²) in [5, 5.41) is 10.2. The second-order valence-corrected chi connectivity index (χ2v) is 4.94. The summed E-state index contributed by atoms with van der Waals surface area (Å²) >= 11 is 0. The predicted molar refractivity (Wildman–Crippen MR) is 78.5 cm³/mol. The summed E-state index contributed by atoms with van der Waals surface area (Å²) in [6, 6.07) is 11.5.